The Labute approximate surface area is 92.8 Å². The first-order chi connectivity index (χ1) is 7.59. The van der Waals surface area contributed by atoms with Crippen LogP contribution in [-0.4, -0.2) is 22.4 Å². The molecule has 1 N–H and O–H groups in total. The molecule has 0 amide bonds. The fraction of sp³-hybridized carbons (Fsp3) is 0.455. The van der Waals surface area contributed by atoms with Gasteiger partial charge in [-0.3, -0.25) is 10.1 Å². The van der Waals surface area contributed by atoms with Gasteiger partial charge in [-0.25, -0.2) is 0 Å². The van der Waals surface area contributed by atoms with Gasteiger partial charge in [-0.2, -0.15) is 0 Å². The predicted molar refractivity (Wildman–Crippen MR) is 56.9 cm³/mol. The number of fused-ring (bicyclic) bond motifs is 1. The van der Waals surface area contributed by atoms with Gasteiger partial charge in [0.25, 0.3) is 0 Å². The van der Waals surface area contributed by atoms with E-state index in [9.17, 15) is 15.2 Å². The summed E-state index contributed by atoms with van der Waals surface area (Å²) >= 11 is 0. The second-order valence-electron chi connectivity index (χ2n) is 3.98. The zero-order chi connectivity index (χ0) is 11.7. The highest BCUT2D eigenvalue weighted by atomic mass is 16.6. The molecule has 0 fully saturated rings. The Bertz CT molecular complexity index is 407. The number of nitrogens with zero attached hydrogens (tertiary/aromatic N) is 1. The van der Waals surface area contributed by atoms with Crippen molar-refractivity contribution in [3.05, 3.63) is 39.9 Å². The molecule has 1 heterocycles. The highest BCUT2D eigenvalue weighted by Crippen LogP contribution is 2.38. The fourth-order valence-electron chi connectivity index (χ4n) is 2.04. The SMILES string of the molecule is CC([C@H]1CC(O)Oc2ccccc21)[N+](=O)[O-]. The lowest BCUT2D eigenvalue weighted by molar-refractivity contribution is -0.523. The Balaban J connectivity index is 2.37. The normalized spacial score (nSPS) is 25.4. The molecule has 2 rings (SSSR count). The second kappa shape index (κ2) is 4.09. The minimum atomic E-state index is -0.956. The lowest BCUT2D eigenvalue weighted by atomic mass is 9.87. The Hall–Kier alpha value is -1.62. The molecule has 1 aromatic carbocycles. The molecule has 1 aliphatic rings. The molecule has 0 radical (unpaired) electrons. The summed E-state index contributed by atoms with van der Waals surface area (Å²) in [5.41, 5.74) is 0.803. The molecule has 0 spiro atoms. The van der Waals surface area contributed by atoms with E-state index < -0.39 is 12.3 Å². The lowest BCUT2D eigenvalue weighted by Gasteiger charge is -2.29. The largest absolute Gasteiger partial charge is 0.465 e. The quantitative estimate of drug-likeness (QED) is 0.609. The monoisotopic (exact) mass is 223 g/mol. The Morgan fingerprint density at radius 1 is 1.56 bits per heavy atom. The van der Waals surface area contributed by atoms with E-state index in [1.165, 1.54) is 0 Å². The molecular formula is C11H13NO4. The average Bonchev–Trinajstić information content (AvgIpc) is 2.26. The number of ether oxygens (including phenoxy) is 1. The van der Waals surface area contributed by atoms with Crippen LogP contribution in [0.4, 0.5) is 0 Å². The van der Waals surface area contributed by atoms with Crippen molar-refractivity contribution in [2.24, 2.45) is 0 Å². The van der Waals surface area contributed by atoms with Crippen molar-refractivity contribution < 1.29 is 14.8 Å². The van der Waals surface area contributed by atoms with Crippen molar-refractivity contribution in [2.45, 2.75) is 31.6 Å². The smallest absolute Gasteiger partial charge is 0.217 e. The molecule has 2 unspecified atom stereocenters. The average molecular weight is 223 g/mol. The van der Waals surface area contributed by atoms with Crippen LogP contribution in [0.25, 0.3) is 0 Å². The molecule has 5 nitrogen and oxygen atoms in total. The van der Waals surface area contributed by atoms with Gasteiger partial charge in [0.1, 0.15) is 5.75 Å². The zero-order valence-electron chi connectivity index (χ0n) is 8.87. The number of hydrogen-bond acceptors (Lipinski definition) is 4. The first-order valence-electron chi connectivity index (χ1n) is 5.16. The van der Waals surface area contributed by atoms with E-state index in [2.05, 4.69) is 0 Å². The molecule has 0 bridgehead atoms. The first-order valence-corrected chi connectivity index (χ1v) is 5.16. The highest BCUT2D eigenvalue weighted by molar-refractivity contribution is 5.38. The van der Waals surface area contributed by atoms with Gasteiger partial charge in [-0.15, -0.1) is 0 Å². The van der Waals surface area contributed by atoms with Crippen molar-refractivity contribution in [2.75, 3.05) is 0 Å². The van der Waals surface area contributed by atoms with Gasteiger partial charge in [-0.05, 0) is 6.07 Å². The third-order valence-electron chi connectivity index (χ3n) is 2.95. The number of hydrogen-bond donors (Lipinski definition) is 1. The summed E-state index contributed by atoms with van der Waals surface area (Å²) in [4.78, 5) is 10.5. The van der Waals surface area contributed by atoms with Crippen LogP contribution in [0.15, 0.2) is 24.3 Å². The molecule has 0 aromatic heterocycles. The van der Waals surface area contributed by atoms with E-state index in [4.69, 9.17) is 4.74 Å². The Morgan fingerprint density at radius 3 is 2.94 bits per heavy atom. The van der Waals surface area contributed by atoms with Crippen molar-refractivity contribution in [3.63, 3.8) is 0 Å². The molecule has 0 saturated carbocycles. The summed E-state index contributed by atoms with van der Waals surface area (Å²) in [7, 11) is 0. The van der Waals surface area contributed by atoms with Gasteiger partial charge in [0.2, 0.25) is 6.04 Å². The number of benzene rings is 1. The van der Waals surface area contributed by atoms with Gasteiger partial charge >= 0.3 is 0 Å². The van der Waals surface area contributed by atoms with Crippen LogP contribution in [0.3, 0.4) is 0 Å². The van der Waals surface area contributed by atoms with Crippen LogP contribution >= 0.6 is 0 Å². The molecule has 1 aliphatic heterocycles. The molecule has 3 atom stereocenters. The van der Waals surface area contributed by atoms with E-state index in [-0.39, 0.29) is 17.3 Å². The van der Waals surface area contributed by atoms with Crippen LogP contribution in [0.5, 0.6) is 5.75 Å². The summed E-state index contributed by atoms with van der Waals surface area (Å²) in [6.07, 6.45) is -0.693. The summed E-state index contributed by atoms with van der Waals surface area (Å²) in [6.45, 7) is 1.56. The maximum Gasteiger partial charge on any atom is 0.217 e. The van der Waals surface area contributed by atoms with Crippen LogP contribution in [0.2, 0.25) is 0 Å². The highest BCUT2D eigenvalue weighted by Gasteiger charge is 2.36. The van der Waals surface area contributed by atoms with Gasteiger partial charge in [-0.1, -0.05) is 18.2 Å². The summed E-state index contributed by atoms with van der Waals surface area (Å²) in [5, 5.41) is 20.3. The van der Waals surface area contributed by atoms with E-state index in [0.29, 0.717) is 5.75 Å². The first kappa shape index (κ1) is 10.9. The van der Waals surface area contributed by atoms with E-state index in [0.717, 1.165) is 5.56 Å². The van der Waals surface area contributed by atoms with Crippen LogP contribution in [0.1, 0.15) is 24.8 Å². The number of aliphatic hydroxyl groups is 1. The topological polar surface area (TPSA) is 72.6 Å². The molecule has 0 aliphatic carbocycles. The summed E-state index contributed by atoms with van der Waals surface area (Å²) < 4.78 is 5.22. The van der Waals surface area contributed by atoms with Gasteiger partial charge in [0.15, 0.2) is 6.29 Å². The second-order valence-corrected chi connectivity index (χ2v) is 3.98. The molecule has 0 saturated heterocycles. The number of nitro groups is 1. The van der Waals surface area contributed by atoms with Crippen LogP contribution in [0, 0.1) is 10.1 Å². The maximum atomic E-state index is 10.8. The number of rotatable bonds is 2. The molecule has 1 aromatic rings. The van der Waals surface area contributed by atoms with Crippen molar-refractivity contribution >= 4 is 0 Å². The maximum absolute atomic E-state index is 10.8. The Morgan fingerprint density at radius 2 is 2.25 bits per heavy atom. The third-order valence-corrected chi connectivity index (χ3v) is 2.95. The van der Waals surface area contributed by atoms with E-state index in [1.807, 2.05) is 12.1 Å². The van der Waals surface area contributed by atoms with Gasteiger partial charge in [0.05, 0.1) is 5.92 Å². The lowest BCUT2D eigenvalue weighted by Crippen LogP contribution is -2.33. The fourth-order valence-corrected chi connectivity index (χ4v) is 2.04. The Kier molecular flexibility index (Phi) is 2.78. The third kappa shape index (κ3) is 1.86. The minimum Gasteiger partial charge on any atom is -0.465 e. The molecule has 86 valence electrons. The molecular weight excluding hydrogens is 210 g/mol. The number of para-hydroxylation sites is 1. The zero-order valence-corrected chi connectivity index (χ0v) is 8.87. The van der Waals surface area contributed by atoms with Gasteiger partial charge in [0, 0.05) is 23.8 Å². The predicted octanol–water partition coefficient (Wildman–Crippen LogP) is 1.54. The van der Waals surface area contributed by atoms with E-state index in [1.54, 1.807) is 19.1 Å². The molecule has 5 heteroatoms. The number of aliphatic hydroxyl groups excluding tert-OH is 1. The summed E-state index contributed by atoms with van der Waals surface area (Å²) in [6, 6.07) is 6.41. The molecule has 16 heavy (non-hydrogen) atoms. The van der Waals surface area contributed by atoms with Crippen molar-refractivity contribution in [3.8, 4) is 5.75 Å². The van der Waals surface area contributed by atoms with Crippen LogP contribution < -0.4 is 4.74 Å². The van der Waals surface area contributed by atoms with Crippen molar-refractivity contribution in [1.29, 1.82) is 0 Å². The van der Waals surface area contributed by atoms with Gasteiger partial charge < -0.3 is 9.84 Å². The van der Waals surface area contributed by atoms with Crippen LogP contribution in [-0.2, 0) is 0 Å². The van der Waals surface area contributed by atoms with E-state index >= 15 is 0 Å². The standard InChI is InChI=1S/C11H13NO4/c1-7(12(14)15)9-6-11(13)16-10-5-3-2-4-8(9)10/h2-5,7,9,11,13H,6H2,1H3/t7?,9-,11?/m1/s1. The summed E-state index contributed by atoms with van der Waals surface area (Å²) in [5.74, 6) is 0.245. The minimum absolute atomic E-state index is 0.263. The van der Waals surface area contributed by atoms with Crippen molar-refractivity contribution in [1.82, 2.24) is 0 Å².